The SMILES string of the molecule is CCC(C)OCS. The first-order chi connectivity index (χ1) is 3.31. The molecule has 0 aliphatic heterocycles. The van der Waals surface area contributed by atoms with Gasteiger partial charge in [0.2, 0.25) is 0 Å². The van der Waals surface area contributed by atoms with Crippen LogP contribution in [0.25, 0.3) is 0 Å². The van der Waals surface area contributed by atoms with E-state index in [9.17, 15) is 0 Å². The molecule has 0 rings (SSSR count). The summed E-state index contributed by atoms with van der Waals surface area (Å²) in [5.41, 5.74) is 0. The second kappa shape index (κ2) is 4.47. The summed E-state index contributed by atoms with van der Waals surface area (Å²) in [4.78, 5) is 0. The van der Waals surface area contributed by atoms with Crippen LogP contribution in [0, 0.1) is 0 Å². The van der Waals surface area contributed by atoms with Gasteiger partial charge in [0.25, 0.3) is 0 Å². The molecule has 44 valence electrons. The fourth-order valence-electron chi connectivity index (χ4n) is 0.245. The highest BCUT2D eigenvalue weighted by Gasteiger charge is 1.92. The first kappa shape index (κ1) is 7.31. The van der Waals surface area contributed by atoms with Crippen LogP contribution < -0.4 is 0 Å². The Kier molecular flexibility index (Phi) is 4.67. The fourth-order valence-corrected chi connectivity index (χ4v) is 0.500. The molecule has 1 unspecified atom stereocenters. The zero-order valence-electron chi connectivity index (χ0n) is 4.85. The van der Waals surface area contributed by atoms with E-state index in [1.165, 1.54) is 0 Å². The van der Waals surface area contributed by atoms with Gasteiger partial charge >= 0.3 is 0 Å². The third-order valence-electron chi connectivity index (χ3n) is 0.934. The molecule has 0 saturated carbocycles. The van der Waals surface area contributed by atoms with Crippen molar-refractivity contribution in [1.29, 1.82) is 0 Å². The third-order valence-corrected chi connectivity index (χ3v) is 1.08. The van der Waals surface area contributed by atoms with Crippen molar-refractivity contribution < 1.29 is 4.74 Å². The molecule has 0 aromatic heterocycles. The zero-order chi connectivity index (χ0) is 5.70. The molecule has 0 radical (unpaired) electrons. The van der Waals surface area contributed by atoms with E-state index in [2.05, 4.69) is 19.6 Å². The lowest BCUT2D eigenvalue weighted by Crippen LogP contribution is -2.03. The lowest BCUT2D eigenvalue weighted by Gasteiger charge is -2.05. The van der Waals surface area contributed by atoms with Crippen molar-refractivity contribution >= 4 is 12.6 Å². The number of ether oxygens (including phenoxy) is 1. The van der Waals surface area contributed by atoms with E-state index in [0.29, 0.717) is 12.0 Å². The molecule has 0 aliphatic rings. The van der Waals surface area contributed by atoms with E-state index in [-0.39, 0.29) is 0 Å². The van der Waals surface area contributed by atoms with Gasteiger partial charge in [-0.05, 0) is 13.3 Å². The van der Waals surface area contributed by atoms with Crippen molar-refractivity contribution in [1.82, 2.24) is 0 Å². The normalized spacial score (nSPS) is 14.1. The number of hydrogen-bond donors (Lipinski definition) is 1. The summed E-state index contributed by atoms with van der Waals surface area (Å²) in [6.45, 7) is 4.13. The summed E-state index contributed by atoms with van der Waals surface area (Å²) >= 11 is 3.89. The number of rotatable bonds is 3. The van der Waals surface area contributed by atoms with Gasteiger partial charge in [0.15, 0.2) is 0 Å². The minimum absolute atomic E-state index is 0.373. The van der Waals surface area contributed by atoms with Crippen LogP contribution in [-0.4, -0.2) is 12.0 Å². The van der Waals surface area contributed by atoms with Gasteiger partial charge in [-0.3, -0.25) is 0 Å². The van der Waals surface area contributed by atoms with Gasteiger partial charge in [-0.1, -0.05) is 6.92 Å². The third kappa shape index (κ3) is 4.16. The van der Waals surface area contributed by atoms with Crippen LogP contribution >= 0.6 is 12.6 Å². The molecule has 1 atom stereocenters. The Hall–Kier alpha value is 0.310. The Labute approximate surface area is 50.5 Å². The summed E-state index contributed by atoms with van der Waals surface area (Å²) in [6.07, 6.45) is 1.44. The average Bonchev–Trinajstić information content (AvgIpc) is 1.68. The minimum atomic E-state index is 0.373. The Balaban J connectivity index is 2.83. The summed E-state index contributed by atoms with van der Waals surface area (Å²) in [7, 11) is 0. The van der Waals surface area contributed by atoms with Crippen molar-refractivity contribution in [3.8, 4) is 0 Å². The van der Waals surface area contributed by atoms with Gasteiger partial charge in [0.05, 0.1) is 12.0 Å². The fraction of sp³-hybridized carbons (Fsp3) is 1.00. The van der Waals surface area contributed by atoms with E-state index < -0.39 is 0 Å². The van der Waals surface area contributed by atoms with Crippen molar-refractivity contribution in [2.24, 2.45) is 0 Å². The highest BCUT2D eigenvalue weighted by atomic mass is 32.1. The van der Waals surface area contributed by atoms with E-state index in [1.807, 2.05) is 6.92 Å². The smallest absolute Gasteiger partial charge is 0.0896 e. The van der Waals surface area contributed by atoms with Crippen LogP contribution in [-0.2, 0) is 4.74 Å². The number of thiol groups is 1. The monoisotopic (exact) mass is 120 g/mol. The molecule has 0 N–H and O–H groups in total. The first-order valence-corrected chi connectivity index (χ1v) is 3.17. The van der Waals surface area contributed by atoms with E-state index >= 15 is 0 Å². The Bertz CT molecular complexity index is 39.1. The van der Waals surface area contributed by atoms with E-state index in [0.717, 1.165) is 6.42 Å². The van der Waals surface area contributed by atoms with Crippen LogP contribution in [0.4, 0.5) is 0 Å². The molecule has 0 aromatic carbocycles. The first-order valence-electron chi connectivity index (χ1n) is 2.53. The van der Waals surface area contributed by atoms with Crippen molar-refractivity contribution in [3.05, 3.63) is 0 Å². The highest BCUT2D eigenvalue weighted by Crippen LogP contribution is 1.94. The van der Waals surface area contributed by atoms with Crippen LogP contribution in [0.3, 0.4) is 0 Å². The highest BCUT2D eigenvalue weighted by molar-refractivity contribution is 7.80. The van der Waals surface area contributed by atoms with Crippen molar-refractivity contribution in [2.75, 3.05) is 5.94 Å². The predicted molar refractivity (Wildman–Crippen MR) is 34.7 cm³/mol. The molecule has 2 heteroatoms. The molecule has 0 amide bonds. The maximum absolute atomic E-state index is 5.06. The summed E-state index contributed by atoms with van der Waals surface area (Å²) in [5, 5.41) is 0. The van der Waals surface area contributed by atoms with Crippen molar-refractivity contribution in [3.63, 3.8) is 0 Å². The Morgan fingerprint density at radius 2 is 2.29 bits per heavy atom. The zero-order valence-corrected chi connectivity index (χ0v) is 5.74. The van der Waals surface area contributed by atoms with Crippen LogP contribution in [0.5, 0.6) is 0 Å². The second-order valence-electron chi connectivity index (χ2n) is 1.51. The molecule has 0 bridgehead atoms. The van der Waals surface area contributed by atoms with Gasteiger partial charge in [-0.25, -0.2) is 0 Å². The maximum atomic E-state index is 5.06. The van der Waals surface area contributed by atoms with Crippen molar-refractivity contribution in [2.45, 2.75) is 26.4 Å². The lowest BCUT2D eigenvalue weighted by atomic mass is 10.3. The molecular weight excluding hydrogens is 108 g/mol. The topological polar surface area (TPSA) is 9.23 Å². The van der Waals surface area contributed by atoms with Gasteiger partial charge in [-0.15, -0.1) is 0 Å². The quantitative estimate of drug-likeness (QED) is 0.440. The molecular formula is C5H12OS. The maximum Gasteiger partial charge on any atom is 0.0896 e. The number of hydrogen-bond acceptors (Lipinski definition) is 2. The van der Waals surface area contributed by atoms with Crippen LogP contribution in [0.15, 0.2) is 0 Å². The minimum Gasteiger partial charge on any atom is -0.368 e. The molecule has 0 spiro atoms. The summed E-state index contributed by atoms with van der Waals surface area (Å²) in [5.74, 6) is 0.537. The average molecular weight is 120 g/mol. The van der Waals surface area contributed by atoms with Gasteiger partial charge < -0.3 is 4.74 Å². The summed E-state index contributed by atoms with van der Waals surface area (Å²) < 4.78 is 5.06. The van der Waals surface area contributed by atoms with E-state index in [4.69, 9.17) is 4.74 Å². The molecule has 0 heterocycles. The molecule has 7 heavy (non-hydrogen) atoms. The predicted octanol–water partition coefficient (Wildman–Crippen LogP) is 1.69. The molecule has 0 fully saturated rings. The van der Waals surface area contributed by atoms with Gasteiger partial charge in [-0.2, -0.15) is 12.6 Å². The Morgan fingerprint density at radius 3 is 2.43 bits per heavy atom. The van der Waals surface area contributed by atoms with Crippen LogP contribution in [0.2, 0.25) is 0 Å². The largest absolute Gasteiger partial charge is 0.368 e. The standard InChI is InChI=1S/C5H12OS/c1-3-5(2)6-4-7/h5,7H,3-4H2,1-2H3. The molecule has 0 saturated heterocycles. The molecule has 0 aliphatic carbocycles. The van der Waals surface area contributed by atoms with Crippen LogP contribution in [0.1, 0.15) is 20.3 Å². The summed E-state index contributed by atoms with van der Waals surface area (Å²) in [6, 6.07) is 0. The molecule has 1 nitrogen and oxygen atoms in total. The van der Waals surface area contributed by atoms with E-state index in [1.54, 1.807) is 0 Å². The van der Waals surface area contributed by atoms with Gasteiger partial charge in [0, 0.05) is 0 Å². The lowest BCUT2D eigenvalue weighted by molar-refractivity contribution is 0.103. The van der Waals surface area contributed by atoms with Gasteiger partial charge in [0.1, 0.15) is 0 Å². The molecule has 0 aromatic rings. The second-order valence-corrected chi connectivity index (χ2v) is 1.77. The Morgan fingerprint density at radius 1 is 1.71 bits per heavy atom.